The number of carbonyl (C=O) groups excluding carboxylic acids is 2. The van der Waals surface area contributed by atoms with Gasteiger partial charge in [0, 0.05) is 12.1 Å². The summed E-state index contributed by atoms with van der Waals surface area (Å²) in [7, 11) is -2.54. The molecule has 0 aliphatic rings. The molecule has 27 heavy (non-hydrogen) atoms. The van der Waals surface area contributed by atoms with E-state index in [-0.39, 0.29) is 29.9 Å². The van der Waals surface area contributed by atoms with Crippen molar-refractivity contribution in [2.45, 2.75) is 0 Å². The average molecular weight is 394 g/mol. The molecule has 2 aromatic carbocycles. The second kappa shape index (κ2) is 8.63. The van der Waals surface area contributed by atoms with Crippen molar-refractivity contribution in [2.24, 2.45) is 0 Å². The van der Waals surface area contributed by atoms with Crippen LogP contribution in [0.5, 0.6) is 0 Å². The van der Waals surface area contributed by atoms with E-state index in [0.29, 0.717) is 0 Å². The number of esters is 1. The van der Waals surface area contributed by atoms with Crippen LogP contribution in [0.3, 0.4) is 0 Å². The molecule has 0 heterocycles. The molecule has 0 spiro atoms. The van der Waals surface area contributed by atoms with Gasteiger partial charge in [-0.2, -0.15) is 0 Å². The van der Waals surface area contributed by atoms with Gasteiger partial charge in [-0.05, 0) is 30.3 Å². The fourth-order valence-electron chi connectivity index (χ4n) is 2.44. The highest BCUT2D eigenvalue weighted by molar-refractivity contribution is 7.92. The first-order valence-corrected chi connectivity index (χ1v) is 9.77. The Morgan fingerprint density at radius 2 is 1.85 bits per heavy atom. The number of hydrogen-bond acceptors (Lipinski definition) is 5. The Labute approximate surface area is 156 Å². The van der Waals surface area contributed by atoms with Gasteiger partial charge in [0.2, 0.25) is 10.0 Å². The molecular formula is C18H19FN2O5S. The predicted octanol–water partition coefficient (Wildman–Crippen LogP) is 1.81. The number of nitrogens with zero attached hydrogens (tertiary/aromatic N) is 1. The maximum atomic E-state index is 13.2. The molecule has 9 heteroatoms. The van der Waals surface area contributed by atoms with Crippen molar-refractivity contribution in [3.63, 3.8) is 0 Å². The minimum absolute atomic E-state index is 0.0437. The maximum absolute atomic E-state index is 13.2. The number of anilines is 1. The van der Waals surface area contributed by atoms with Crippen LogP contribution in [0.1, 0.15) is 20.7 Å². The molecule has 7 nitrogen and oxygen atoms in total. The largest absolute Gasteiger partial charge is 0.465 e. The highest BCUT2D eigenvalue weighted by atomic mass is 32.2. The van der Waals surface area contributed by atoms with Crippen LogP contribution >= 0.6 is 0 Å². The zero-order valence-corrected chi connectivity index (χ0v) is 15.6. The normalized spacial score (nSPS) is 10.9. The van der Waals surface area contributed by atoms with Gasteiger partial charge in [-0.15, -0.1) is 0 Å². The number of halogens is 1. The van der Waals surface area contributed by atoms with Crippen molar-refractivity contribution in [1.82, 2.24) is 5.32 Å². The lowest BCUT2D eigenvalue weighted by atomic mass is 10.2. The number of carbonyl (C=O) groups is 2. The Balaban J connectivity index is 2.18. The molecule has 0 radical (unpaired) electrons. The van der Waals surface area contributed by atoms with Crippen LogP contribution in [-0.4, -0.2) is 46.7 Å². The third-order valence-electron chi connectivity index (χ3n) is 3.67. The van der Waals surface area contributed by atoms with E-state index in [2.05, 4.69) is 10.1 Å². The summed E-state index contributed by atoms with van der Waals surface area (Å²) >= 11 is 0. The van der Waals surface area contributed by atoms with Crippen molar-refractivity contribution in [2.75, 3.05) is 30.8 Å². The Kier molecular flexibility index (Phi) is 6.51. The standard InChI is InChI=1S/C18H19FN2O5S/c1-26-18(23)15-8-3-4-9-16(15)21(27(2,24)25)11-10-20-17(22)13-6-5-7-14(19)12-13/h3-9,12H,10-11H2,1-2H3,(H,20,22). The van der Waals surface area contributed by atoms with E-state index in [1.165, 1.54) is 37.4 Å². The van der Waals surface area contributed by atoms with Crippen LogP contribution in [-0.2, 0) is 14.8 Å². The van der Waals surface area contributed by atoms with Gasteiger partial charge < -0.3 is 10.1 Å². The van der Waals surface area contributed by atoms with E-state index in [1.54, 1.807) is 12.1 Å². The molecule has 144 valence electrons. The minimum Gasteiger partial charge on any atom is -0.465 e. The van der Waals surface area contributed by atoms with Crippen molar-refractivity contribution in [1.29, 1.82) is 0 Å². The highest BCUT2D eigenvalue weighted by Gasteiger charge is 2.23. The molecule has 2 aromatic rings. The first-order valence-electron chi connectivity index (χ1n) is 7.93. The first kappa shape index (κ1) is 20.4. The average Bonchev–Trinajstić information content (AvgIpc) is 2.63. The topological polar surface area (TPSA) is 92.8 Å². The summed E-state index contributed by atoms with van der Waals surface area (Å²) < 4.78 is 43.3. The van der Waals surface area contributed by atoms with Gasteiger partial charge in [-0.25, -0.2) is 17.6 Å². The zero-order valence-electron chi connectivity index (χ0n) is 14.8. The number of sulfonamides is 1. The lowest BCUT2D eigenvalue weighted by molar-refractivity contribution is 0.0601. The third kappa shape index (κ3) is 5.27. The number of hydrogen-bond donors (Lipinski definition) is 1. The van der Waals surface area contributed by atoms with E-state index in [9.17, 15) is 22.4 Å². The number of amides is 1. The molecule has 0 atom stereocenters. The fourth-order valence-corrected chi connectivity index (χ4v) is 3.38. The number of para-hydroxylation sites is 1. The minimum atomic E-state index is -3.74. The Morgan fingerprint density at radius 1 is 1.15 bits per heavy atom. The molecule has 1 amide bonds. The van der Waals surface area contributed by atoms with E-state index in [4.69, 9.17) is 0 Å². The molecule has 0 unspecified atom stereocenters. The maximum Gasteiger partial charge on any atom is 0.340 e. The molecule has 0 aliphatic heterocycles. The zero-order chi connectivity index (χ0) is 20.0. The summed E-state index contributed by atoms with van der Waals surface area (Å²) in [6.45, 7) is -0.161. The summed E-state index contributed by atoms with van der Waals surface area (Å²) in [5.41, 5.74) is 0.351. The van der Waals surface area contributed by atoms with Gasteiger partial charge in [-0.1, -0.05) is 18.2 Å². The summed E-state index contributed by atoms with van der Waals surface area (Å²) in [6.07, 6.45) is 0.995. The number of methoxy groups -OCH3 is 1. The Bertz CT molecular complexity index is 946. The molecule has 0 bridgehead atoms. The number of rotatable bonds is 7. The highest BCUT2D eigenvalue weighted by Crippen LogP contribution is 2.23. The molecule has 1 N–H and O–H groups in total. The van der Waals surface area contributed by atoms with Gasteiger partial charge in [0.25, 0.3) is 5.91 Å². The summed E-state index contributed by atoms with van der Waals surface area (Å²) in [5, 5.41) is 2.53. The molecule has 2 rings (SSSR count). The Morgan fingerprint density at radius 3 is 2.48 bits per heavy atom. The SMILES string of the molecule is COC(=O)c1ccccc1N(CCNC(=O)c1cccc(F)c1)S(C)(=O)=O. The van der Waals surface area contributed by atoms with Gasteiger partial charge in [0.1, 0.15) is 5.82 Å². The number of nitrogens with one attached hydrogen (secondary N) is 1. The van der Waals surface area contributed by atoms with Crippen molar-refractivity contribution in [3.8, 4) is 0 Å². The second-order valence-electron chi connectivity index (χ2n) is 5.61. The van der Waals surface area contributed by atoms with Crippen LogP contribution in [0.15, 0.2) is 48.5 Å². The summed E-state index contributed by atoms with van der Waals surface area (Å²) in [4.78, 5) is 24.0. The molecule has 0 saturated carbocycles. The van der Waals surface area contributed by atoms with E-state index in [1.807, 2.05) is 0 Å². The molecule has 0 aromatic heterocycles. The second-order valence-corrected chi connectivity index (χ2v) is 7.52. The summed E-state index contributed by atoms with van der Waals surface area (Å²) in [6, 6.07) is 11.2. The van der Waals surface area contributed by atoms with Crippen molar-refractivity contribution < 1.29 is 27.1 Å². The quantitative estimate of drug-likeness (QED) is 0.723. The monoisotopic (exact) mass is 394 g/mol. The number of benzene rings is 2. The molecule has 0 aliphatic carbocycles. The van der Waals surface area contributed by atoms with Crippen LogP contribution in [0, 0.1) is 5.82 Å². The molecule has 0 fully saturated rings. The van der Waals surface area contributed by atoms with Gasteiger partial charge in [0.05, 0.1) is 31.2 Å². The van der Waals surface area contributed by atoms with Crippen molar-refractivity contribution >= 4 is 27.6 Å². The Hall–Kier alpha value is -2.94. The van der Waals surface area contributed by atoms with Gasteiger partial charge in [-0.3, -0.25) is 9.10 Å². The lowest BCUT2D eigenvalue weighted by Crippen LogP contribution is -2.39. The van der Waals surface area contributed by atoms with E-state index >= 15 is 0 Å². The fraction of sp³-hybridized carbons (Fsp3) is 0.222. The van der Waals surface area contributed by atoms with Crippen LogP contribution in [0.25, 0.3) is 0 Å². The van der Waals surface area contributed by atoms with Crippen LogP contribution in [0.4, 0.5) is 10.1 Å². The van der Waals surface area contributed by atoms with Crippen molar-refractivity contribution in [3.05, 3.63) is 65.5 Å². The first-order chi connectivity index (χ1) is 12.7. The lowest BCUT2D eigenvalue weighted by Gasteiger charge is -2.24. The molecule has 0 saturated heterocycles. The number of ether oxygens (including phenoxy) is 1. The van der Waals surface area contributed by atoms with Gasteiger partial charge >= 0.3 is 5.97 Å². The van der Waals surface area contributed by atoms with Gasteiger partial charge in [0.15, 0.2) is 0 Å². The molecular weight excluding hydrogens is 375 g/mol. The van der Waals surface area contributed by atoms with E-state index < -0.39 is 27.7 Å². The van der Waals surface area contributed by atoms with E-state index in [0.717, 1.165) is 16.6 Å². The van der Waals surface area contributed by atoms with Crippen LogP contribution in [0.2, 0.25) is 0 Å². The summed E-state index contributed by atoms with van der Waals surface area (Å²) in [5.74, 6) is -1.76. The smallest absolute Gasteiger partial charge is 0.340 e. The predicted molar refractivity (Wildman–Crippen MR) is 98.7 cm³/mol. The third-order valence-corrected chi connectivity index (χ3v) is 4.85. The van der Waals surface area contributed by atoms with Crippen LogP contribution < -0.4 is 9.62 Å².